The first-order valence-electron chi connectivity index (χ1n) is 6.43. The van der Waals surface area contributed by atoms with Crippen LogP contribution in [-0.2, 0) is 0 Å². The number of hydrogen-bond acceptors (Lipinski definition) is 3. The predicted octanol–water partition coefficient (Wildman–Crippen LogP) is 3.32. The maximum Gasteiger partial charge on any atom is 0.430 e. The molecule has 0 aromatic carbocycles. The fraction of sp³-hybridized carbons (Fsp3) is 0.667. The Morgan fingerprint density at radius 2 is 1.00 bits per heavy atom. The predicted molar refractivity (Wildman–Crippen MR) is 60.9 cm³/mol. The molecule has 0 saturated carbocycles. The van der Waals surface area contributed by atoms with Crippen molar-refractivity contribution in [3.05, 3.63) is 23.3 Å². The summed E-state index contributed by atoms with van der Waals surface area (Å²) in [5.41, 5.74) is -16.8. The van der Waals surface area contributed by atoms with Crippen molar-refractivity contribution in [1.29, 1.82) is 0 Å². The van der Waals surface area contributed by atoms with Gasteiger partial charge in [-0.1, -0.05) is 6.08 Å². The molecule has 0 spiro atoms. The largest absolute Gasteiger partial charge is 0.430 e. The molecule has 0 aromatic heterocycles. The zero-order chi connectivity index (χ0) is 21.9. The van der Waals surface area contributed by atoms with Gasteiger partial charge >= 0.3 is 24.7 Å². The summed E-state index contributed by atoms with van der Waals surface area (Å²) < 4.78 is 153. The van der Waals surface area contributed by atoms with Gasteiger partial charge in [0.15, 0.2) is 0 Å². The average molecular weight is 428 g/mol. The van der Waals surface area contributed by atoms with Crippen molar-refractivity contribution in [1.82, 2.24) is 0 Å². The Balaban J connectivity index is 3.78. The van der Waals surface area contributed by atoms with E-state index in [1.165, 1.54) is 0 Å². The van der Waals surface area contributed by atoms with Gasteiger partial charge < -0.3 is 15.3 Å². The molecule has 15 heteroatoms. The van der Waals surface area contributed by atoms with Crippen molar-refractivity contribution in [2.45, 2.75) is 48.4 Å². The van der Waals surface area contributed by atoms with E-state index < -0.39 is 71.7 Å². The summed E-state index contributed by atoms with van der Waals surface area (Å²) >= 11 is 0. The molecular weight excluding hydrogens is 420 g/mol. The molecule has 0 aromatic rings. The van der Waals surface area contributed by atoms with Crippen LogP contribution in [0.15, 0.2) is 23.3 Å². The minimum Gasteiger partial charge on any atom is -0.389 e. The first kappa shape index (κ1) is 23.6. The van der Waals surface area contributed by atoms with Crippen molar-refractivity contribution in [2.24, 2.45) is 0 Å². The van der Waals surface area contributed by atoms with E-state index in [1.807, 2.05) is 0 Å². The summed E-state index contributed by atoms with van der Waals surface area (Å²) in [6, 6.07) is 0. The van der Waals surface area contributed by atoms with Crippen molar-refractivity contribution >= 4 is 0 Å². The summed E-state index contributed by atoms with van der Waals surface area (Å²) in [6.07, 6.45) is -32.4. The monoisotopic (exact) mass is 428 g/mol. The van der Waals surface area contributed by atoms with Crippen LogP contribution >= 0.6 is 0 Å². The van der Waals surface area contributed by atoms with Gasteiger partial charge in [-0.2, -0.15) is 52.7 Å². The maximum absolute atomic E-state index is 12.8. The highest BCUT2D eigenvalue weighted by Crippen LogP contribution is 2.53. The van der Waals surface area contributed by atoms with E-state index in [2.05, 4.69) is 0 Å². The number of aliphatic hydroxyl groups excluding tert-OH is 1. The Hall–Kier alpha value is -1.48. The molecule has 1 rings (SSSR count). The first-order chi connectivity index (χ1) is 11.6. The van der Waals surface area contributed by atoms with E-state index in [0.29, 0.717) is 0 Å². The summed E-state index contributed by atoms with van der Waals surface area (Å²) in [5.74, 6) is 0. The summed E-state index contributed by atoms with van der Waals surface area (Å²) in [6.45, 7) is 0. The van der Waals surface area contributed by atoms with Crippen LogP contribution in [0.4, 0.5) is 52.7 Å². The van der Waals surface area contributed by atoms with Crippen LogP contribution in [0.3, 0.4) is 0 Å². The van der Waals surface area contributed by atoms with E-state index in [0.717, 1.165) is 0 Å². The van der Waals surface area contributed by atoms with Crippen LogP contribution in [0.1, 0.15) is 6.42 Å². The Morgan fingerprint density at radius 1 is 0.667 bits per heavy atom. The summed E-state index contributed by atoms with van der Waals surface area (Å²) in [5, 5.41) is 27.4. The minimum absolute atomic E-state index is 0.405. The first-order valence-corrected chi connectivity index (χ1v) is 6.43. The molecule has 1 aliphatic carbocycles. The smallest absolute Gasteiger partial charge is 0.389 e. The fourth-order valence-corrected chi connectivity index (χ4v) is 2.28. The zero-order valence-electron chi connectivity index (χ0n) is 12.3. The lowest BCUT2D eigenvalue weighted by molar-refractivity contribution is -0.354. The highest BCUT2D eigenvalue weighted by atomic mass is 19.4. The molecule has 0 bridgehead atoms. The lowest BCUT2D eigenvalue weighted by Crippen LogP contribution is -2.61. The number of halogens is 12. The second-order valence-corrected chi connectivity index (χ2v) is 5.47. The van der Waals surface area contributed by atoms with Gasteiger partial charge in [0.1, 0.15) is 0 Å². The van der Waals surface area contributed by atoms with Crippen LogP contribution in [0.25, 0.3) is 0 Å². The second kappa shape index (κ2) is 6.27. The topological polar surface area (TPSA) is 60.7 Å². The molecule has 0 fully saturated rings. The van der Waals surface area contributed by atoms with Crippen LogP contribution in [0.2, 0.25) is 0 Å². The molecule has 1 unspecified atom stereocenters. The molecule has 0 radical (unpaired) electrons. The van der Waals surface area contributed by atoms with Gasteiger partial charge in [-0.25, -0.2) is 0 Å². The third-order valence-corrected chi connectivity index (χ3v) is 3.65. The van der Waals surface area contributed by atoms with Crippen LogP contribution in [0, 0.1) is 0 Å². The highest BCUT2D eigenvalue weighted by Gasteiger charge is 2.75. The number of alkyl halides is 12. The standard InChI is InChI=1S/C12H8F12O3/c13-9(14,15)7(26,10(16,17)18)4-1-5(3-6(25)2-4)8(27,11(19,20)21)12(22,23)24/h1-2,6,25-27H,3H2. The Labute approximate surface area is 141 Å². The Kier molecular flexibility index (Phi) is 5.47. The number of hydrogen-bond donors (Lipinski definition) is 3. The second-order valence-electron chi connectivity index (χ2n) is 5.47. The van der Waals surface area contributed by atoms with Gasteiger partial charge in [0.05, 0.1) is 6.10 Å². The fourth-order valence-electron chi connectivity index (χ4n) is 2.28. The van der Waals surface area contributed by atoms with Gasteiger partial charge in [0.2, 0.25) is 0 Å². The number of rotatable bonds is 2. The number of aliphatic hydroxyl groups is 3. The van der Waals surface area contributed by atoms with Crippen molar-refractivity contribution in [2.75, 3.05) is 0 Å². The molecule has 3 N–H and O–H groups in total. The lowest BCUT2D eigenvalue weighted by Gasteiger charge is -2.39. The van der Waals surface area contributed by atoms with Gasteiger partial charge in [-0.15, -0.1) is 0 Å². The molecule has 158 valence electrons. The van der Waals surface area contributed by atoms with Gasteiger partial charge in [0, 0.05) is 12.0 Å². The third-order valence-electron chi connectivity index (χ3n) is 3.65. The SMILES string of the molecule is OC1C=C(C(O)(C(F)(F)F)C(F)(F)F)C=C(C(O)(C(F)(F)F)C(F)(F)F)C1. The maximum atomic E-state index is 12.8. The van der Waals surface area contributed by atoms with Crippen LogP contribution < -0.4 is 0 Å². The molecule has 0 aliphatic heterocycles. The molecule has 0 heterocycles. The average Bonchev–Trinajstić information content (AvgIpc) is 2.39. The molecular formula is C12H8F12O3. The molecule has 0 saturated heterocycles. The van der Waals surface area contributed by atoms with E-state index >= 15 is 0 Å². The molecule has 3 nitrogen and oxygen atoms in total. The minimum atomic E-state index is -6.63. The molecule has 1 aliphatic rings. The molecule has 0 amide bonds. The van der Waals surface area contributed by atoms with Crippen molar-refractivity contribution in [3.63, 3.8) is 0 Å². The molecule has 1 atom stereocenters. The van der Waals surface area contributed by atoms with E-state index in [1.54, 1.807) is 0 Å². The highest BCUT2D eigenvalue weighted by molar-refractivity contribution is 5.43. The van der Waals surface area contributed by atoms with Crippen LogP contribution in [-0.4, -0.2) is 57.3 Å². The Morgan fingerprint density at radius 3 is 1.30 bits per heavy atom. The Bertz CT molecular complexity index is 606. The van der Waals surface area contributed by atoms with E-state index in [-0.39, 0.29) is 0 Å². The third kappa shape index (κ3) is 3.63. The van der Waals surface area contributed by atoms with Gasteiger partial charge in [0.25, 0.3) is 11.2 Å². The van der Waals surface area contributed by atoms with E-state index in [4.69, 9.17) is 10.2 Å². The van der Waals surface area contributed by atoms with Gasteiger partial charge in [-0.3, -0.25) is 0 Å². The summed E-state index contributed by atoms with van der Waals surface area (Å²) in [7, 11) is 0. The molecule has 27 heavy (non-hydrogen) atoms. The van der Waals surface area contributed by atoms with Crippen molar-refractivity contribution < 1.29 is 68.0 Å². The van der Waals surface area contributed by atoms with Gasteiger partial charge in [-0.05, 0) is 11.6 Å². The van der Waals surface area contributed by atoms with Crippen molar-refractivity contribution in [3.8, 4) is 0 Å². The van der Waals surface area contributed by atoms with E-state index in [9.17, 15) is 57.8 Å². The lowest BCUT2D eigenvalue weighted by atomic mass is 9.78. The summed E-state index contributed by atoms with van der Waals surface area (Å²) in [4.78, 5) is 0. The quantitative estimate of drug-likeness (QED) is 0.592. The zero-order valence-corrected chi connectivity index (χ0v) is 12.3. The normalized spacial score (nSPS) is 21.1. The van der Waals surface area contributed by atoms with Crippen LogP contribution in [0.5, 0.6) is 0 Å².